The summed E-state index contributed by atoms with van der Waals surface area (Å²) in [4.78, 5) is 32.8. The summed E-state index contributed by atoms with van der Waals surface area (Å²) in [6.07, 6.45) is 2.11. The Morgan fingerprint density at radius 2 is 1.69 bits per heavy atom. The highest BCUT2D eigenvalue weighted by Gasteiger charge is 2.27. The zero-order valence-corrected chi connectivity index (χ0v) is 23.8. The van der Waals surface area contributed by atoms with Crippen LogP contribution in [-0.4, -0.2) is 60.7 Å². The zero-order chi connectivity index (χ0) is 29.3. The molecule has 4 aromatic rings. The van der Waals surface area contributed by atoms with E-state index in [2.05, 4.69) is 25.7 Å². The van der Waals surface area contributed by atoms with E-state index < -0.39 is 0 Å². The lowest BCUT2D eigenvalue weighted by Gasteiger charge is -2.30. The van der Waals surface area contributed by atoms with Gasteiger partial charge in [0.1, 0.15) is 0 Å². The number of amides is 2. The van der Waals surface area contributed by atoms with Crippen molar-refractivity contribution < 1.29 is 23.6 Å². The molecule has 0 bridgehead atoms. The molecular formula is C32H35N5O5. The molecule has 3 aromatic carbocycles. The van der Waals surface area contributed by atoms with Crippen molar-refractivity contribution in [1.29, 1.82) is 0 Å². The maximum atomic E-state index is 13.1. The quantitative estimate of drug-likeness (QED) is 0.270. The highest BCUT2D eigenvalue weighted by Crippen LogP contribution is 2.31. The van der Waals surface area contributed by atoms with Gasteiger partial charge in [-0.2, -0.15) is 4.98 Å². The molecule has 5 rings (SSSR count). The number of aromatic nitrogens is 2. The molecule has 2 heterocycles. The first-order valence-electron chi connectivity index (χ1n) is 14.0. The smallest absolute Gasteiger partial charge is 0.253 e. The lowest BCUT2D eigenvalue weighted by Crippen LogP contribution is -2.38. The standard InChI is InChI=1S/C32H35N5O5/c1-40-27-13-12-24(20-28(27)41-2)30-35-29(42-36-30)21-37-18-15-23(16-19-37)31(38)34-26-11-7-6-10-25(26)32(39)33-17-14-22-8-4-3-5-9-22/h3-13,20,23H,14-19,21H2,1-2H3,(H,33,39)(H,34,38). The topological polar surface area (TPSA) is 119 Å². The molecule has 0 saturated carbocycles. The molecule has 218 valence electrons. The molecule has 2 N–H and O–H groups in total. The number of piperidine rings is 1. The summed E-state index contributed by atoms with van der Waals surface area (Å²) in [5.41, 5.74) is 2.90. The van der Waals surface area contributed by atoms with E-state index in [1.165, 1.54) is 0 Å². The summed E-state index contributed by atoms with van der Waals surface area (Å²) in [5, 5.41) is 10.1. The fourth-order valence-electron chi connectivity index (χ4n) is 5.04. The predicted octanol–water partition coefficient (Wildman–Crippen LogP) is 4.58. The SMILES string of the molecule is COc1ccc(-c2noc(CN3CCC(C(=O)Nc4ccccc4C(=O)NCCc4ccccc4)CC3)n2)cc1OC. The van der Waals surface area contributed by atoms with Crippen LogP contribution in [0.25, 0.3) is 11.4 Å². The summed E-state index contributed by atoms with van der Waals surface area (Å²) < 4.78 is 16.2. The van der Waals surface area contributed by atoms with Crippen LogP contribution in [0.4, 0.5) is 5.69 Å². The number of ether oxygens (including phenoxy) is 2. The summed E-state index contributed by atoms with van der Waals surface area (Å²) in [6, 6.07) is 22.6. The monoisotopic (exact) mass is 569 g/mol. The van der Waals surface area contributed by atoms with Gasteiger partial charge >= 0.3 is 0 Å². The third-order valence-corrected chi connectivity index (χ3v) is 7.40. The number of methoxy groups -OCH3 is 2. The molecule has 0 unspecified atom stereocenters. The van der Waals surface area contributed by atoms with Crippen molar-refractivity contribution in [3.8, 4) is 22.9 Å². The number of hydrogen-bond donors (Lipinski definition) is 2. The predicted molar refractivity (Wildman–Crippen MR) is 158 cm³/mol. The van der Waals surface area contributed by atoms with Crippen LogP contribution in [0.3, 0.4) is 0 Å². The van der Waals surface area contributed by atoms with E-state index in [9.17, 15) is 9.59 Å². The fourth-order valence-corrected chi connectivity index (χ4v) is 5.04. The van der Waals surface area contributed by atoms with Crippen LogP contribution < -0.4 is 20.1 Å². The number of hydrogen-bond acceptors (Lipinski definition) is 8. The lowest BCUT2D eigenvalue weighted by molar-refractivity contribution is -0.121. The molecule has 10 heteroatoms. The summed E-state index contributed by atoms with van der Waals surface area (Å²) in [6.45, 7) is 2.45. The van der Waals surface area contributed by atoms with Gasteiger partial charge in [-0.15, -0.1) is 0 Å². The Kier molecular flexibility index (Phi) is 9.45. The normalized spacial score (nSPS) is 13.9. The second-order valence-electron chi connectivity index (χ2n) is 10.2. The third-order valence-electron chi connectivity index (χ3n) is 7.40. The van der Waals surface area contributed by atoms with Gasteiger partial charge in [-0.3, -0.25) is 14.5 Å². The van der Waals surface area contributed by atoms with Crippen LogP contribution in [0.2, 0.25) is 0 Å². The van der Waals surface area contributed by atoms with Gasteiger partial charge in [-0.25, -0.2) is 0 Å². The van der Waals surface area contributed by atoms with Crippen LogP contribution in [0.15, 0.2) is 77.3 Å². The second kappa shape index (κ2) is 13.8. The third kappa shape index (κ3) is 7.13. The molecule has 0 spiro atoms. The van der Waals surface area contributed by atoms with Crippen molar-refractivity contribution in [2.45, 2.75) is 25.8 Å². The molecule has 1 fully saturated rings. The average Bonchev–Trinajstić information content (AvgIpc) is 3.50. The Morgan fingerprint density at radius 3 is 2.45 bits per heavy atom. The molecule has 0 aliphatic carbocycles. The largest absolute Gasteiger partial charge is 0.493 e. The van der Waals surface area contributed by atoms with Gasteiger partial charge in [0.2, 0.25) is 17.6 Å². The van der Waals surface area contributed by atoms with Gasteiger partial charge in [0.05, 0.1) is 32.0 Å². The number of carbonyl (C=O) groups excluding carboxylic acids is 2. The van der Waals surface area contributed by atoms with E-state index in [1.807, 2.05) is 48.5 Å². The van der Waals surface area contributed by atoms with E-state index >= 15 is 0 Å². The highest BCUT2D eigenvalue weighted by molar-refractivity contribution is 6.04. The molecular weight excluding hydrogens is 534 g/mol. The fraction of sp³-hybridized carbons (Fsp3) is 0.312. The number of likely N-dealkylation sites (tertiary alicyclic amines) is 1. The molecule has 10 nitrogen and oxygen atoms in total. The Labute approximate surface area is 245 Å². The second-order valence-corrected chi connectivity index (χ2v) is 10.2. The molecule has 42 heavy (non-hydrogen) atoms. The Bertz CT molecular complexity index is 1500. The Hall–Kier alpha value is -4.70. The summed E-state index contributed by atoms with van der Waals surface area (Å²) in [7, 11) is 3.17. The number of nitrogens with zero attached hydrogens (tertiary/aromatic N) is 3. The Morgan fingerprint density at radius 1 is 0.952 bits per heavy atom. The van der Waals surface area contributed by atoms with Crippen molar-refractivity contribution in [2.75, 3.05) is 39.2 Å². The van der Waals surface area contributed by atoms with E-state index in [1.54, 1.807) is 38.5 Å². The van der Waals surface area contributed by atoms with Crippen molar-refractivity contribution in [1.82, 2.24) is 20.4 Å². The molecule has 1 aromatic heterocycles. The van der Waals surface area contributed by atoms with Crippen LogP contribution in [0, 0.1) is 5.92 Å². The lowest BCUT2D eigenvalue weighted by atomic mass is 9.95. The van der Waals surface area contributed by atoms with Gasteiger partial charge in [-0.05, 0) is 68.2 Å². The van der Waals surface area contributed by atoms with Gasteiger partial charge in [0.15, 0.2) is 11.5 Å². The zero-order valence-electron chi connectivity index (χ0n) is 23.8. The van der Waals surface area contributed by atoms with Gasteiger partial charge in [0, 0.05) is 18.0 Å². The number of anilines is 1. The van der Waals surface area contributed by atoms with Crippen LogP contribution in [0.1, 0.15) is 34.7 Å². The van der Waals surface area contributed by atoms with E-state index in [4.69, 9.17) is 14.0 Å². The minimum atomic E-state index is -0.205. The molecule has 0 radical (unpaired) electrons. The molecule has 1 saturated heterocycles. The van der Waals surface area contributed by atoms with Crippen molar-refractivity contribution in [2.24, 2.45) is 5.92 Å². The van der Waals surface area contributed by atoms with E-state index in [0.717, 1.165) is 17.5 Å². The first kappa shape index (κ1) is 28.8. The summed E-state index contributed by atoms with van der Waals surface area (Å²) in [5.74, 6) is 1.77. The minimum absolute atomic E-state index is 0.0762. The van der Waals surface area contributed by atoms with E-state index in [0.29, 0.717) is 73.5 Å². The van der Waals surface area contributed by atoms with Crippen molar-refractivity contribution in [3.63, 3.8) is 0 Å². The van der Waals surface area contributed by atoms with E-state index in [-0.39, 0.29) is 17.7 Å². The van der Waals surface area contributed by atoms with Crippen molar-refractivity contribution in [3.05, 3.63) is 89.8 Å². The van der Waals surface area contributed by atoms with Gasteiger partial charge in [-0.1, -0.05) is 47.6 Å². The summed E-state index contributed by atoms with van der Waals surface area (Å²) >= 11 is 0. The maximum absolute atomic E-state index is 13.1. The Balaban J connectivity index is 1.11. The highest BCUT2D eigenvalue weighted by atomic mass is 16.5. The first-order valence-corrected chi connectivity index (χ1v) is 14.0. The maximum Gasteiger partial charge on any atom is 0.253 e. The molecule has 0 atom stereocenters. The molecule has 1 aliphatic rings. The van der Waals surface area contributed by atoms with Gasteiger partial charge < -0.3 is 24.6 Å². The molecule has 2 amide bonds. The van der Waals surface area contributed by atoms with Crippen LogP contribution in [0.5, 0.6) is 11.5 Å². The van der Waals surface area contributed by atoms with Gasteiger partial charge in [0.25, 0.3) is 5.91 Å². The molecule has 1 aliphatic heterocycles. The first-order chi connectivity index (χ1) is 20.5. The van der Waals surface area contributed by atoms with Crippen LogP contribution in [-0.2, 0) is 17.8 Å². The van der Waals surface area contributed by atoms with Crippen molar-refractivity contribution >= 4 is 17.5 Å². The van der Waals surface area contributed by atoms with Crippen LogP contribution >= 0.6 is 0 Å². The minimum Gasteiger partial charge on any atom is -0.493 e. The number of nitrogens with one attached hydrogen (secondary N) is 2. The number of para-hydroxylation sites is 1. The average molecular weight is 570 g/mol. The number of rotatable bonds is 11. The number of benzene rings is 3. The number of carbonyl (C=O) groups is 2.